The van der Waals surface area contributed by atoms with Crippen molar-refractivity contribution in [3.05, 3.63) is 0 Å². The van der Waals surface area contributed by atoms with Gasteiger partial charge in [-0.1, -0.05) is 0 Å². The summed E-state index contributed by atoms with van der Waals surface area (Å²) in [6.45, 7) is 0. The van der Waals surface area contributed by atoms with Crippen LogP contribution in [0.15, 0.2) is 0 Å². The molecule has 24 valence electrons. The minimum atomic E-state index is 0. The maximum Gasteiger partial charge on any atom is 5.00 e. The molecule has 0 aliphatic rings. The molecule has 0 bridgehead atoms. The molecule has 0 spiro atoms. The van der Waals surface area contributed by atoms with Gasteiger partial charge < -0.3 is 23.4 Å². The van der Waals surface area contributed by atoms with Gasteiger partial charge in [0.2, 0.25) is 0 Å². The average Bonchev–Trinajstić information content (AvgIpc) is 0. The van der Waals surface area contributed by atoms with E-state index in [2.05, 4.69) is 0 Å². The third-order valence-electron chi connectivity index (χ3n) is 0. The third kappa shape index (κ3) is 14.3. The zero-order valence-corrected chi connectivity index (χ0v) is 3.79. The molecule has 0 saturated heterocycles. The van der Waals surface area contributed by atoms with Gasteiger partial charge in [-0.15, -0.1) is 0 Å². The van der Waals surface area contributed by atoms with E-state index in [0.29, 0.717) is 0 Å². The van der Waals surface area contributed by atoms with E-state index in [9.17, 15) is 0 Å². The molecular weight excluding hydrogens is 118 g/mol. The fraction of sp³-hybridized carbons (Fsp3) is 0. The van der Waals surface area contributed by atoms with Gasteiger partial charge >= 0.3 is 18.6 Å². The van der Waals surface area contributed by atoms with Gasteiger partial charge in [0.05, 0.1) is 0 Å². The van der Waals surface area contributed by atoms with Crippen LogP contribution in [0.5, 0.6) is 0 Å². The standard InChI is InChI=1S/ClH.2O.V/h1H;;;/q;2*-2;+5/p-1. The van der Waals surface area contributed by atoms with Gasteiger partial charge in [0.15, 0.2) is 0 Å². The van der Waals surface area contributed by atoms with Gasteiger partial charge in [-0.2, -0.15) is 0 Å². The Balaban J connectivity index is 0. The van der Waals surface area contributed by atoms with Crippen LogP contribution < -0.4 is 12.4 Å². The Hall–Kier alpha value is 0.794. The molecule has 0 aromatic carbocycles. The zero-order valence-electron chi connectivity index (χ0n) is 1.64. The van der Waals surface area contributed by atoms with E-state index in [-0.39, 0.29) is 41.9 Å². The molecule has 0 atom stereocenters. The Morgan fingerprint density at radius 2 is 0.750 bits per heavy atom. The summed E-state index contributed by atoms with van der Waals surface area (Å²) in [7, 11) is 0. The number of halogens is 1. The summed E-state index contributed by atoms with van der Waals surface area (Å²) in [6, 6.07) is 0. The summed E-state index contributed by atoms with van der Waals surface area (Å²) < 4.78 is 0. The van der Waals surface area contributed by atoms with E-state index in [1.165, 1.54) is 0 Å². The van der Waals surface area contributed by atoms with Crippen molar-refractivity contribution < 1.29 is 41.9 Å². The molecule has 0 aliphatic heterocycles. The SMILES string of the molecule is [Cl-].[O-2].[O-2].[V+5]. The normalized spacial score (nSPS) is 0. The summed E-state index contributed by atoms with van der Waals surface area (Å²) in [5.41, 5.74) is 0. The van der Waals surface area contributed by atoms with Crippen LogP contribution >= 0.6 is 0 Å². The van der Waals surface area contributed by atoms with Crippen molar-refractivity contribution in [2.24, 2.45) is 0 Å². The Labute approximate surface area is 42.5 Å². The van der Waals surface area contributed by atoms with E-state index < -0.39 is 0 Å². The van der Waals surface area contributed by atoms with E-state index in [4.69, 9.17) is 0 Å². The van der Waals surface area contributed by atoms with E-state index >= 15 is 0 Å². The monoisotopic (exact) mass is 118 g/mol. The van der Waals surface area contributed by atoms with Gasteiger partial charge in [0.1, 0.15) is 0 Å². The summed E-state index contributed by atoms with van der Waals surface area (Å²) in [6.07, 6.45) is 0. The average molecular weight is 118 g/mol. The van der Waals surface area contributed by atoms with E-state index in [0.717, 1.165) is 0 Å². The molecule has 0 aliphatic carbocycles. The molecule has 0 aromatic rings. The second-order valence-corrected chi connectivity index (χ2v) is 0. The largest absolute Gasteiger partial charge is 5.00 e. The Kier molecular flexibility index (Phi) is 1280. The zero-order chi connectivity index (χ0) is 0. The smallest absolute Gasteiger partial charge is 2.00 e. The number of hydrogen-bond acceptors (Lipinski definition) is 0. The molecule has 4 heteroatoms. The number of rotatable bonds is 0. The Bertz CT molecular complexity index is 6.00. The summed E-state index contributed by atoms with van der Waals surface area (Å²) in [4.78, 5) is 0. The van der Waals surface area contributed by atoms with Crippen molar-refractivity contribution >= 4 is 0 Å². The first-order valence-electron chi connectivity index (χ1n) is 0. The van der Waals surface area contributed by atoms with Crippen molar-refractivity contribution in [1.82, 2.24) is 0 Å². The van der Waals surface area contributed by atoms with Crippen LogP contribution in [0, 0.1) is 0 Å². The molecule has 0 fully saturated rings. The van der Waals surface area contributed by atoms with Gasteiger partial charge in [-0.3, -0.25) is 0 Å². The second-order valence-electron chi connectivity index (χ2n) is 0. The van der Waals surface area contributed by atoms with E-state index in [1.54, 1.807) is 0 Å². The predicted molar refractivity (Wildman–Crippen MR) is 1.37 cm³/mol. The first-order chi connectivity index (χ1) is 0. The van der Waals surface area contributed by atoms with E-state index in [1.807, 2.05) is 0 Å². The van der Waals surface area contributed by atoms with Crippen LogP contribution in [-0.2, 0) is 29.5 Å². The van der Waals surface area contributed by atoms with Gasteiger partial charge in [-0.05, 0) is 0 Å². The minimum absolute atomic E-state index is 0. The van der Waals surface area contributed by atoms with Crippen molar-refractivity contribution in [2.75, 3.05) is 0 Å². The van der Waals surface area contributed by atoms with Crippen molar-refractivity contribution in [1.29, 1.82) is 0 Å². The number of hydrogen-bond donors (Lipinski definition) is 0. The summed E-state index contributed by atoms with van der Waals surface area (Å²) in [5.74, 6) is 0. The van der Waals surface area contributed by atoms with Crippen LogP contribution in [0.1, 0.15) is 0 Å². The van der Waals surface area contributed by atoms with Crippen molar-refractivity contribution in [3.8, 4) is 0 Å². The molecule has 2 nitrogen and oxygen atoms in total. The van der Waals surface area contributed by atoms with Gasteiger partial charge in [-0.25, -0.2) is 0 Å². The fourth-order valence-corrected chi connectivity index (χ4v) is 0. The molecular formula is ClO2V. The topological polar surface area (TPSA) is 57.0 Å². The van der Waals surface area contributed by atoms with Crippen LogP contribution in [0.2, 0.25) is 0 Å². The fourth-order valence-electron chi connectivity index (χ4n) is 0. The van der Waals surface area contributed by atoms with Crippen molar-refractivity contribution in [3.63, 3.8) is 0 Å². The molecule has 0 aromatic heterocycles. The van der Waals surface area contributed by atoms with Crippen LogP contribution in [0.25, 0.3) is 0 Å². The minimum Gasteiger partial charge on any atom is -2.00 e. The first kappa shape index (κ1) is 109. The molecule has 0 rings (SSSR count). The maximum atomic E-state index is 0. The maximum absolute atomic E-state index is 0. The first-order valence-corrected chi connectivity index (χ1v) is 0. The molecule has 0 heterocycles. The van der Waals surface area contributed by atoms with Gasteiger partial charge in [0.25, 0.3) is 0 Å². The summed E-state index contributed by atoms with van der Waals surface area (Å²) >= 11 is 0. The van der Waals surface area contributed by atoms with Crippen molar-refractivity contribution in [2.45, 2.75) is 0 Å². The van der Waals surface area contributed by atoms with Crippen LogP contribution in [0.4, 0.5) is 0 Å². The molecule has 0 N–H and O–H groups in total. The molecule has 4 heavy (non-hydrogen) atoms. The van der Waals surface area contributed by atoms with Crippen LogP contribution in [-0.4, -0.2) is 0 Å². The molecule has 0 amide bonds. The predicted octanol–water partition coefficient (Wildman–Crippen LogP) is -3.24. The molecule has 0 unspecified atom stereocenters. The molecule has 0 radical (unpaired) electrons. The second kappa shape index (κ2) is 46.9. The quantitative estimate of drug-likeness (QED) is 0.321. The Morgan fingerprint density at radius 1 is 0.750 bits per heavy atom. The van der Waals surface area contributed by atoms with Gasteiger partial charge in [0, 0.05) is 0 Å². The third-order valence-corrected chi connectivity index (χ3v) is 0. The Morgan fingerprint density at radius 3 is 0.750 bits per heavy atom. The summed E-state index contributed by atoms with van der Waals surface area (Å²) in [5, 5.41) is 0. The van der Waals surface area contributed by atoms with Crippen LogP contribution in [0.3, 0.4) is 0 Å². The molecule has 0 saturated carbocycles.